The normalized spacial score (nSPS) is 11.5. The quantitative estimate of drug-likeness (QED) is 0.252. The molecule has 0 aliphatic rings. The summed E-state index contributed by atoms with van der Waals surface area (Å²) in [5.74, 6) is 1.82. The second-order valence-electron chi connectivity index (χ2n) is 7.99. The summed E-state index contributed by atoms with van der Waals surface area (Å²) in [5.41, 5.74) is 1.87. The number of nitrogens with zero attached hydrogens (tertiary/aromatic N) is 2. The van der Waals surface area contributed by atoms with E-state index >= 15 is 0 Å². The fourth-order valence-corrected chi connectivity index (χ4v) is 4.16. The SMILES string of the molecule is Cc1cc(N[C@@H](Cc2ccccc2)C(=O)NCc2cccs2)nc(NCCOc2ccccc2)n1. The summed E-state index contributed by atoms with van der Waals surface area (Å²) >= 11 is 1.62. The molecule has 1 atom stereocenters. The van der Waals surface area contributed by atoms with E-state index in [-0.39, 0.29) is 5.91 Å². The Balaban J connectivity index is 1.40. The Bertz CT molecular complexity index is 1190. The number of rotatable bonds is 12. The summed E-state index contributed by atoms with van der Waals surface area (Å²) in [5, 5.41) is 11.6. The lowest BCUT2D eigenvalue weighted by atomic mass is 10.1. The van der Waals surface area contributed by atoms with Gasteiger partial charge in [0.1, 0.15) is 24.2 Å². The van der Waals surface area contributed by atoms with Crippen LogP contribution in [0, 0.1) is 6.92 Å². The maximum absolute atomic E-state index is 13.1. The number of amides is 1. The minimum Gasteiger partial charge on any atom is -0.492 e. The number of carbonyl (C=O) groups excluding carboxylic acids is 1. The van der Waals surface area contributed by atoms with E-state index in [0.29, 0.717) is 37.9 Å². The molecule has 3 N–H and O–H groups in total. The number of hydrogen-bond acceptors (Lipinski definition) is 7. The van der Waals surface area contributed by atoms with Crippen molar-refractivity contribution in [2.75, 3.05) is 23.8 Å². The Morgan fingerprint density at radius 2 is 1.77 bits per heavy atom. The lowest BCUT2D eigenvalue weighted by Gasteiger charge is -2.20. The number of hydrogen-bond donors (Lipinski definition) is 3. The summed E-state index contributed by atoms with van der Waals surface area (Å²) in [6.45, 7) is 3.43. The van der Waals surface area contributed by atoms with Crippen LogP contribution in [0.5, 0.6) is 5.75 Å². The molecule has 180 valence electrons. The smallest absolute Gasteiger partial charge is 0.243 e. The van der Waals surface area contributed by atoms with Gasteiger partial charge < -0.3 is 20.7 Å². The fraction of sp³-hybridized carbons (Fsp3) is 0.222. The molecule has 0 saturated heterocycles. The molecule has 0 saturated carbocycles. The van der Waals surface area contributed by atoms with E-state index in [4.69, 9.17) is 4.74 Å². The van der Waals surface area contributed by atoms with Crippen LogP contribution < -0.4 is 20.7 Å². The van der Waals surface area contributed by atoms with E-state index in [1.54, 1.807) is 11.3 Å². The van der Waals surface area contributed by atoms with Crippen LogP contribution in [0.1, 0.15) is 16.1 Å². The summed E-state index contributed by atoms with van der Waals surface area (Å²) in [6.07, 6.45) is 0.536. The van der Waals surface area contributed by atoms with Crippen molar-refractivity contribution in [2.45, 2.75) is 25.9 Å². The highest BCUT2D eigenvalue weighted by atomic mass is 32.1. The van der Waals surface area contributed by atoms with Crippen LogP contribution in [0.15, 0.2) is 84.2 Å². The van der Waals surface area contributed by atoms with Gasteiger partial charge in [-0.3, -0.25) is 4.79 Å². The van der Waals surface area contributed by atoms with Gasteiger partial charge in [-0.05, 0) is 36.1 Å². The zero-order valence-corrected chi connectivity index (χ0v) is 20.4. The number of thiophene rings is 1. The third kappa shape index (κ3) is 7.82. The first kappa shape index (κ1) is 24.2. The molecule has 2 aromatic heterocycles. The van der Waals surface area contributed by atoms with Gasteiger partial charge in [0.15, 0.2) is 0 Å². The van der Waals surface area contributed by atoms with Crippen molar-refractivity contribution in [2.24, 2.45) is 0 Å². The number of nitrogens with one attached hydrogen (secondary N) is 3. The number of aryl methyl sites for hydroxylation is 1. The minimum atomic E-state index is -0.485. The molecule has 0 bridgehead atoms. The Labute approximate surface area is 209 Å². The average Bonchev–Trinajstić information content (AvgIpc) is 3.40. The Kier molecular flexibility index (Phi) is 8.67. The highest BCUT2D eigenvalue weighted by molar-refractivity contribution is 7.09. The van der Waals surface area contributed by atoms with Crippen LogP contribution in [-0.2, 0) is 17.8 Å². The zero-order chi connectivity index (χ0) is 24.3. The summed E-state index contributed by atoms with van der Waals surface area (Å²) in [6, 6.07) is 25.0. The molecule has 2 aromatic carbocycles. The van der Waals surface area contributed by atoms with E-state index in [2.05, 4.69) is 25.9 Å². The van der Waals surface area contributed by atoms with Gasteiger partial charge in [0.25, 0.3) is 0 Å². The molecule has 4 rings (SSSR count). The molecule has 0 aliphatic carbocycles. The molecule has 35 heavy (non-hydrogen) atoms. The van der Waals surface area contributed by atoms with Crippen LogP contribution in [0.4, 0.5) is 11.8 Å². The lowest BCUT2D eigenvalue weighted by Crippen LogP contribution is -2.41. The molecule has 4 aromatic rings. The van der Waals surface area contributed by atoms with Gasteiger partial charge in [0.05, 0.1) is 13.1 Å². The molecule has 7 nitrogen and oxygen atoms in total. The van der Waals surface area contributed by atoms with Crippen molar-refractivity contribution >= 4 is 29.0 Å². The minimum absolute atomic E-state index is 0.0794. The first-order valence-electron chi connectivity index (χ1n) is 11.5. The number of para-hydroxylation sites is 1. The maximum atomic E-state index is 13.1. The van der Waals surface area contributed by atoms with Gasteiger partial charge in [-0.25, -0.2) is 4.98 Å². The van der Waals surface area contributed by atoms with Gasteiger partial charge in [-0.2, -0.15) is 4.98 Å². The van der Waals surface area contributed by atoms with Crippen LogP contribution in [0.2, 0.25) is 0 Å². The zero-order valence-electron chi connectivity index (χ0n) is 19.6. The molecular weight excluding hydrogens is 458 g/mol. The monoisotopic (exact) mass is 487 g/mol. The van der Waals surface area contributed by atoms with Gasteiger partial charge in [-0.1, -0.05) is 54.6 Å². The predicted molar refractivity (Wildman–Crippen MR) is 141 cm³/mol. The number of aromatic nitrogens is 2. The van der Waals surface area contributed by atoms with Crippen LogP contribution in [0.3, 0.4) is 0 Å². The van der Waals surface area contributed by atoms with Gasteiger partial charge in [-0.15, -0.1) is 11.3 Å². The molecule has 0 fully saturated rings. The van der Waals surface area contributed by atoms with E-state index in [9.17, 15) is 4.79 Å². The fourth-order valence-electron chi connectivity index (χ4n) is 3.52. The second-order valence-corrected chi connectivity index (χ2v) is 9.02. The standard InChI is InChI=1S/C27H29N5O2S/c1-20-17-25(32-27(30-20)28-14-15-34-22-11-6-3-7-12-22)31-24(18-21-9-4-2-5-10-21)26(33)29-19-23-13-8-16-35-23/h2-13,16-17,24H,14-15,18-19H2,1H3,(H,29,33)(H2,28,30,31,32)/t24-/m0/s1. The maximum Gasteiger partial charge on any atom is 0.243 e. The van der Waals surface area contributed by atoms with E-state index in [1.807, 2.05) is 91.2 Å². The Morgan fingerprint density at radius 1 is 1.00 bits per heavy atom. The molecule has 8 heteroatoms. The van der Waals surface area contributed by atoms with Crippen molar-refractivity contribution in [1.29, 1.82) is 0 Å². The summed E-state index contributed by atoms with van der Waals surface area (Å²) in [4.78, 5) is 23.3. The molecular formula is C27H29N5O2S. The van der Waals surface area contributed by atoms with E-state index in [1.165, 1.54) is 0 Å². The average molecular weight is 488 g/mol. The van der Waals surface area contributed by atoms with Crippen molar-refractivity contribution in [3.05, 3.63) is 100 Å². The number of anilines is 2. The topological polar surface area (TPSA) is 88.2 Å². The summed E-state index contributed by atoms with van der Waals surface area (Å²) in [7, 11) is 0. The van der Waals surface area contributed by atoms with Crippen molar-refractivity contribution < 1.29 is 9.53 Å². The highest BCUT2D eigenvalue weighted by Crippen LogP contribution is 2.15. The van der Waals surface area contributed by atoms with Crippen LogP contribution in [-0.4, -0.2) is 35.1 Å². The van der Waals surface area contributed by atoms with Crippen molar-refractivity contribution in [3.63, 3.8) is 0 Å². The molecule has 0 radical (unpaired) electrons. The molecule has 0 aliphatic heterocycles. The predicted octanol–water partition coefficient (Wildman–Crippen LogP) is 4.68. The number of carbonyl (C=O) groups is 1. The highest BCUT2D eigenvalue weighted by Gasteiger charge is 2.20. The first-order chi connectivity index (χ1) is 17.2. The third-order valence-electron chi connectivity index (χ3n) is 5.19. The van der Waals surface area contributed by atoms with Crippen LogP contribution in [0.25, 0.3) is 0 Å². The number of benzene rings is 2. The molecule has 0 spiro atoms. The third-order valence-corrected chi connectivity index (χ3v) is 6.07. The van der Waals surface area contributed by atoms with Crippen molar-refractivity contribution in [3.8, 4) is 5.75 Å². The Morgan fingerprint density at radius 3 is 2.51 bits per heavy atom. The summed E-state index contributed by atoms with van der Waals surface area (Å²) < 4.78 is 5.72. The first-order valence-corrected chi connectivity index (χ1v) is 12.4. The Hall–Kier alpha value is -3.91. The van der Waals surface area contributed by atoms with Gasteiger partial charge >= 0.3 is 0 Å². The largest absolute Gasteiger partial charge is 0.492 e. The molecule has 2 heterocycles. The van der Waals surface area contributed by atoms with E-state index in [0.717, 1.165) is 21.9 Å². The molecule has 0 unspecified atom stereocenters. The second kappa shape index (κ2) is 12.5. The number of ether oxygens (including phenoxy) is 1. The van der Waals surface area contributed by atoms with Gasteiger partial charge in [0.2, 0.25) is 11.9 Å². The van der Waals surface area contributed by atoms with E-state index < -0.39 is 6.04 Å². The molecule has 1 amide bonds. The van der Waals surface area contributed by atoms with Gasteiger partial charge in [0, 0.05) is 23.1 Å². The lowest BCUT2D eigenvalue weighted by molar-refractivity contribution is -0.122. The van der Waals surface area contributed by atoms with Crippen LogP contribution >= 0.6 is 11.3 Å². The van der Waals surface area contributed by atoms with Crippen molar-refractivity contribution in [1.82, 2.24) is 15.3 Å².